The molecule has 0 saturated heterocycles. The molecule has 0 aliphatic carbocycles. The van der Waals surface area contributed by atoms with Crippen LogP contribution in [0.3, 0.4) is 0 Å². The van der Waals surface area contributed by atoms with Gasteiger partial charge in [0.15, 0.2) is 5.52 Å². The molecule has 2 rings (SSSR count). The van der Waals surface area contributed by atoms with E-state index < -0.39 is 0 Å². The molecule has 0 saturated carbocycles. The van der Waals surface area contributed by atoms with Gasteiger partial charge in [-0.15, -0.1) is 0 Å². The van der Waals surface area contributed by atoms with Crippen molar-refractivity contribution in [1.82, 2.24) is 8.75 Å². The number of aromatic nitrogens is 2. The molecule has 0 bridgehead atoms. The zero-order chi connectivity index (χ0) is 10.1. The second-order valence-corrected chi connectivity index (χ2v) is 3.95. The largest absolute Gasteiger partial charge is 0.282 e. The Hall–Kier alpha value is -1.36. The number of nitrogens with zero attached hydrogens (tertiary/aromatic N) is 2. The highest BCUT2D eigenvalue weighted by Crippen LogP contribution is 2.26. The smallest absolute Gasteiger partial charge is 0.172 e. The lowest BCUT2D eigenvalue weighted by Crippen LogP contribution is -2.55. The molecule has 72 valence electrons. The lowest BCUT2D eigenvalue weighted by atomic mass is 10.0. The van der Waals surface area contributed by atoms with E-state index in [1.54, 1.807) is 6.07 Å². The van der Waals surface area contributed by atoms with Gasteiger partial charge in [0.2, 0.25) is 0 Å². The monoisotopic (exact) mass is 208 g/mol. The van der Waals surface area contributed by atoms with Gasteiger partial charge in [-0.05, 0) is 17.5 Å². The number of hydrogen-bond acceptors (Lipinski definition) is 4. The van der Waals surface area contributed by atoms with Gasteiger partial charge in [0, 0.05) is 16.2 Å². The van der Waals surface area contributed by atoms with Crippen molar-refractivity contribution in [3.05, 3.63) is 22.6 Å². The summed E-state index contributed by atoms with van der Waals surface area (Å²) < 4.78 is 8.30. The minimum Gasteiger partial charge on any atom is -0.172 e. The minimum absolute atomic E-state index is 0.391. The molecule has 2 aromatic rings. The highest BCUT2D eigenvalue weighted by atomic mass is 32.1. The van der Waals surface area contributed by atoms with E-state index in [9.17, 15) is 4.91 Å². The molecule has 0 aliphatic heterocycles. The Labute approximate surface area is 85.3 Å². The van der Waals surface area contributed by atoms with Crippen LogP contribution in [0.1, 0.15) is 25.3 Å². The predicted molar refractivity (Wildman–Crippen MR) is 55.5 cm³/mol. The zero-order valence-corrected chi connectivity index (χ0v) is 8.76. The van der Waals surface area contributed by atoms with Crippen LogP contribution in [0.4, 0.5) is 5.69 Å². The highest BCUT2D eigenvalue weighted by Gasteiger charge is 2.15. The molecule has 0 atom stereocenters. The van der Waals surface area contributed by atoms with Crippen molar-refractivity contribution in [2.75, 3.05) is 0 Å². The number of rotatable bonds is 2. The average Bonchev–Trinajstić information content (AvgIpc) is 2.64. The van der Waals surface area contributed by atoms with Crippen molar-refractivity contribution in [3.8, 4) is 0 Å². The van der Waals surface area contributed by atoms with Crippen molar-refractivity contribution in [1.29, 1.82) is 0 Å². The van der Waals surface area contributed by atoms with Crippen LogP contribution >= 0.6 is 11.7 Å². The maximum Gasteiger partial charge on any atom is 0.282 e. The van der Waals surface area contributed by atoms with Crippen molar-refractivity contribution in [2.45, 2.75) is 19.8 Å². The first-order valence-electron chi connectivity index (χ1n) is 4.37. The SMILES string of the molecule is CC(C)c1ccc([NH+]=O)c2nsnc12. The first-order chi connectivity index (χ1) is 6.74. The Morgan fingerprint density at radius 2 is 2.00 bits per heavy atom. The van der Waals surface area contributed by atoms with Gasteiger partial charge in [-0.3, -0.25) is 0 Å². The Balaban J connectivity index is 2.78. The number of fused-ring (bicyclic) bond motifs is 1. The molecule has 4 nitrogen and oxygen atoms in total. The molecule has 1 N–H and O–H groups in total. The first kappa shape index (κ1) is 9.21. The van der Waals surface area contributed by atoms with E-state index >= 15 is 0 Å². The Morgan fingerprint density at radius 1 is 1.29 bits per heavy atom. The van der Waals surface area contributed by atoms with Gasteiger partial charge in [-0.2, -0.15) is 8.75 Å². The van der Waals surface area contributed by atoms with Crippen LogP contribution in [-0.4, -0.2) is 8.75 Å². The Kier molecular flexibility index (Phi) is 2.25. The molecule has 1 heterocycles. The lowest BCUT2D eigenvalue weighted by Gasteiger charge is -2.03. The summed E-state index contributed by atoms with van der Waals surface area (Å²) in [4.78, 5) is 10.6. The van der Waals surface area contributed by atoms with Gasteiger partial charge in [0.25, 0.3) is 5.69 Å². The van der Waals surface area contributed by atoms with E-state index in [0.717, 1.165) is 22.8 Å². The fourth-order valence-electron chi connectivity index (χ4n) is 1.43. The molecular weight excluding hydrogens is 198 g/mol. The summed E-state index contributed by atoms with van der Waals surface area (Å²) in [6, 6.07) is 3.68. The normalized spacial score (nSPS) is 11.1. The number of nitroso groups, excluding NO2 is 1. The van der Waals surface area contributed by atoms with Crippen molar-refractivity contribution in [2.24, 2.45) is 0 Å². The Morgan fingerprint density at radius 3 is 2.64 bits per heavy atom. The average molecular weight is 208 g/mol. The van der Waals surface area contributed by atoms with Crippen molar-refractivity contribution >= 4 is 28.4 Å². The van der Waals surface area contributed by atoms with Gasteiger partial charge in [0.1, 0.15) is 5.52 Å². The van der Waals surface area contributed by atoms with E-state index in [4.69, 9.17) is 0 Å². The van der Waals surface area contributed by atoms with Crippen LogP contribution < -0.4 is 5.18 Å². The Bertz CT molecular complexity index is 478. The van der Waals surface area contributed by atoms with Crippen molar-refractivity contribution < 1.29 is 5.18 Å². The van der Waals surface area contributed by atoms with E-state index in [1.165, 1.54) is 0 Å². The highest BCUT2D eigenvalue weighted by molar-refractivity contribution is 7.00. The first-order valence-corrected chi connectivity index (χ1v) is 5.10. The number of benzene rings is 1. The topological polar surface area (TPSA) is 56.8 Å². The van der Waals surface area contributed by atoms with Gasteiger partial charge in [-0.1, -0.05) is 13.8 Å². The summed E-state index contributed by atoms with van der Waals surface area (Å²) in [5.74, 6) is 0.391. The van der Waals surface area contributed by atoms with Crippen molar-refractivity contribution in [3.63, 3.8) is 0 Å². The summed E-state index contributed by atoms with van der Waals surface area (Å²) in [6.45, 7) is 4.19. The molecule has 0 amide bonds. The number of nitrogens with one attached hydrogen (secondary N) is 1. The van der Waals surface area contributed by atoms with Crippen LogP contribution in [0.25, 0.3) is 11.0 Å². The second kappa shape index (κ2) is 3.42. The summed E-state index contributed by atoms with van der Waals surface area (Å²) in [5.41, 5.74) is 3.15. The lowest BCUT2D eigenvalue weighted by molar-refractivity contribution is -0.377. The third-order valence-electron chi connectivity index (χ3n) is 2.18. The van der Waals surface area contributed by atoms with Crippen LogP contribution in [0.15, 0.2) is 12.1 Å². The quantitative estimate of drug-likeness (QED) is 0.809. The van der Waals surface area contributed by atoms with Gasteiger partial charge in [0.05, 0.1) is 11.7 Å². The summed E-state index contributed by atoms with van der Waals surface area (Å²) >= 11 is 1.14. The predicted octanol–water partition coefficient (Wildman–Crippen LogP) is 1.29. The molecular formula is C9H10N3OS+. The van der Waals surface area contributed by atoms with E-state index in [-0.39, 0.29) is 0 Å². The fourth-order valence-corrected chi connectivity index (χ4v) is 2.01. The summed E-state index contributed by atoms with van der Waals surface area (Å²) in [7, 11) is 0. The molecule has 0 radical (unpaired) electrons. The standard InChI is InChI=1S/C9H9N3OS/c1-5(2)6-3-4-7(10-13)9-8(6)11-14-12-9/h3-5H,1-2H3/p+1. The van der Waals surface area contributed by atoms with Crippen LogP contribution in [0.2, 0.25) is 0 Å². The van der Waals surface area contributed by atoms with E-state index in [0.29, 0.717) is 17.1 Å². The molecule has 0 aliphatic rings. The van der Waals surface area contributed by atoms with Crippen LogP contribution in [-0.2, 0) is 0 Å². The molecule has 1 aromatic carbocycles. The third kappa shape index (κ3) is 1.29. The summed E-state index contributed by atoms with van der Waals surface area (Å²) in [5, 5.41) is 1.88. The van der Waals surface area contributed by atoms with E-state index in [1.807, 2.05) is 11.2 Å². The fraction of sp³-hybridized carbons (Fsp3) is 0.333. The number of hydrogen-bond donors (Lipinski definition) is 1. The molecule has 0 unspecified atom stereocenters. The molecule has 1 aromatic heterocycles. The third-order valence-corrected chi connectivity index (χ3v) is 2.71. The molecule has 14 heavy (non-hydrogen) atoms. The van der Waals surface area contributed by atoms with Crippen LogP contribution in [0, 0.1) is 4.91 Å². The maximum atomic E-state index is 10.6. The van der Waals surface area contributed by atoms with Crippen LogP contribution in [0.5, 0.6) is 0 Å². The zero-order valence-electron chi connectivity index (χ0n) is 7.94. The molecule has 0 fully saturated rings. The van der Waals surface area contributed by atoms with Gasteiger partial charge >= 0.3 is 0 Å². The summed E-state index contributed by atoms with van der Waals surface area (Å²) in [6.07, 6.45) is 0. The maximum absolute atomic E-state index is 10.6. The van der Waals surface area contributed by atoms with Gasteiger partial charge < -0.3 is 0 Å². The molecule has 0 spiro atoms. The van der Waals surface area contributed by atoms with E-state index in [2.05, 4.69) is 22.6 Å². The minimum atomic E-state index is 0.391. The molecule has 5 heteroatoms. The van der Waals surface area contributed by atoms with Gasteiger partial charge in [-0.25, -0.2) is 0 Å². The second-order valence-electron chi connectivity index (χ2n) is 3.42.